The molecule has 172 valence electrons. The van der Waals surface area contributed by atoms with E-state index in [0.717, 1.165) is 25.7 Å². The highest BCUT2D eigenvalue weighted by Gasteiger charge is 2.22. The summed E-state index contributed by atoms with van der Waals surface area (Å²) in [5, 5.41) is 0. The number of hydrogen-bond acceptors (Lipinski definition) is 4. The average molecular weight is 431 g/mol. The summed E-state index contributed by atoms with van der Waals surface area (Å²) in [5.74, 6) is -0.683. The van der Waals surface area contributed by atoms with Crippen LogP contribution in [0.5, 0.6) is 0 Å². The van der Waals surface area contributed by atoms with Gasteiger partial charge in [0.1, 0.15) is 0 Å². The van der Waals surface area contributed by atoms with Gasteiger partial charge in [0.25, 0.3) is 23.6 Å². The van der Waals surface area contributed by atoms with Gasteiger partial charge < -0.3 is 0 Å². The number of amides is 4. The van der Waals surface area contributed by atoms with Gasteiger partial charge in [-0.2, -0.15) is 0 Å². The fourth-order valence-electron chi connectivity index (χ4n) is 4.14. The maximum Gasteiger partial charge on any atom is 0.253 e. The van der Waals surface area contributed by atoms with Gasteiger partial charge in [0.05, 0.1) is 0 Å². The van der Waals surface area contributed by atoms with Crippen molar-refractivity contribution in [3.63, 3.8) is 0 Å². The molecule has 0 fully saturated rings. The molecule has 0 radical (unpaired) electrons. The van der Waals surface area contributed by atoms with Crippen LogP contribution >= 0.6 is 0 Å². The molecule has 4 amide bonds. The van der Waals surface area contributed by atoms with E-state index < -0.39 is 0 Å². The number of nitrogens with zero attached hydrogens (tertiary/aromatic N) is 2. The van der Waals surface area contributed by atoms with E-state index in [1.54, 1.807) is 0 Å². The molecule has 0 bridgehead atoms. The normalized spacial score (nSPS) is 15.9. The maximum absolute atomic E-state index is 11.4. The first kappa shape index (κ1) is 25.0. The fraction of sp³-hybridized carbons (Fsp3) is 0.680. The van der Waals surface area contributed by atoms with Gasteiger partial charge in [-0.05, 0) is 12.8 Å². The van der Waals surface area contributed by atoms with Crippen LogP contribution in [0, 0.1) is 0 Å². The van der Waals surface area contributed by atoms with Crippen molar-refractivity contribution >= 4 is 23.6 Å². The smallest absolute Gasteiger partial charge is 0.253 e. The molecule has 0 saturated heterocycles. The molecular formula is C25H38N2O4. The SMILES string of the molecule is O=C1C=CC(=O)N1CCCCCCCCCCCCCCCCCN1C(=O)C=CC1=O. The molecule has 6 heteroatoms. The minimum atomic E-state index is -0.171. The van der Waals surface area contributed by atoms with Crippen molar-refractivity contribution in [2.24, 2.45) is 0 Å². The Balaban J connectivity index is 1.26. The summed E-state index contributed by atoms with van der Waals surface area (Å²) in [6.45, 7) is 1.11. The van der Waals surface area contributed by atoms with E-state index in [1.165, 1.54) is 105 Å². The van der Waals surface area contributed by atoms with E-state index >= 15 is 0 Å². The molecule has 0 aromatic rings. The van der Waals surface area contributed by atoms with Gasteiger partial charge >= 0.3 is 0 Å². The number of hydrogen-bond donors (Lipinski definition) is 0. The average Bonchev–Trinajstić information content (AvgIpc) is 3.25. The number of carbonyl (C=O) groups is 4. The van der Waals surface area contributed by atoms with Gasteiger partial charge in [0.2, 0.25) is 0 Å². The zero-order chi connectivity index (χ0) is 22.3. The first-order valence-corrected chi connectivity index (χ1v) is 12.2. The van der Waals surface area contributed by atoms with Crippen LogP contribution in [0.2, 0.25) is 0 Å². The highest BCUT2D eigenvalue weighted by molar-refractivity contribution is 6.13. The Kier molecular flexibility index (Phi) is 11.9. The summed E-state index contributed by atoms with van der Waals surface area (Å²) < 4.78 is 0. The maximum atomic E-state index is 11.4. The second-order valence-corrected chi connectivity index (χ2v) is 8.63. The third-order valence-corrected chi connectivity index (χ3v) is 6.06. The van der Waals surface area contributed by atoms with Crippen LogP contribution in [0.1, 0.15) is 96.3 Å². The van der Waals surface area contributed by atoms with Crippen molar-refractivity contribution in [1.29, 1.82) is 0 Å². The molecule has 0 aromatic carbocycles. The van der Waals surface area contributed by atoms with E-state index in [1.807, 2.05) is 0 Å². The Morgan fingerprint density at radius 3 is 0.774 bits per heavy atom. The summed E-state index contributed by atoms with van der Waals surface area (Å²) in [6.07, 6.45) is 23.3. The molecule has 31 heavy (non-hydrogen) atoms. The van der Waals surface area contributed by atoms with E-state index in [-0.39, 0.29) is 23.6 Å². The third-order valence-electron chi connectivity index (χ3n) is 6.06. The van der Waals surface area contributed by atoms with Crippen molar-refractivity contribution in [1.82, 2.24) is 9.80 Å². The van der Waals surface area contributed by atoms with Gasteiger partial charge in [0, 0.05) is 37.4 Å². The fourth-order valence-corrected chi connectivity index (χ4v) is 4.14. The van der Waals surface area contributed by atoms with Crippen LogP contribution < -0.4 is 0 Å². The van der Waals surface area contributed by atoms with Gasteiger partial charge in [-0.1, -0.05) is 83.5 Å². The van der Waals surface area contributed by atoms with Gasteiger partial charge in [0.15, 0.2) is 0 Å². The van der Waals surface area contributed by atoms with Crippen molar-refractivity contribution in [2.75, 3.05) is 13.1 Å². The largest absolute Gasteiger partial charge is 0.275 e. The Hall–Kier alpha value is -2.24. The zero-order valence-corrected chi connectivity index (χ0v) is 18.9. The predicted molar refractivity (Wildman–Crippen MR) is 121 cm³/mol. The molecule has 0 saturated carbocycles. The van der Waals surface area contributed by atoms with Crippen LogP contribution in [-0.2, 0) is 19.2 Å². The lowest BCUT2D eigenvalue weighted by atomic mass is 10.0. The lowest BCUT2D eigenvalue weighted by Gasteiger charge is -2.13. The number of imide groups is 2. The summed E-state index contributed by atoms with van der Waals surface area (Å²) in [5.41, 5.74) is 0. The molecule has 2 aliphatic rings. The van der Waals surface area contributed by atoms with Crippen molar-refractivity contribution < 1.29 is 19.2 Å². The van der Waals surface area contributed by atoms with E-state index in [4.69, 9.17) is 0 Å². The minimum absolute atomic E-state index is 0.171. The molecule has 0 aliphatic carbocycles. The summed E-state index contributed by atoms with van der Waals surface area (Å²) >= 11 is 0. The molecule has 0 unspecified atom stereocenters. The Bertz CT molecular complexity index is 576. The summed E-state index contributed by atoms with van der Waals surface area (Å²) in [7, 11) is 0. The van der Waals surface area contributed by atoms with Crippen molar-refractivity contribution in [2.45, 2.75) is 96.3 Å². The molecule has 0 spiro atoms. The molecule has 2 aliphatic heterocycles. The first-order valence-electron chi connectivity index (χ1n) is 12.2. The summed E-state index contributed by atoms with van der Waals surface area (Å²) in [4.78, 5) is 48.4. The van der Waals surface area contributed by atoms with Crippen LogP contribution in [0.4, 0.5) is 0 Å². The monoisotopic (exact) mass is 430 g/mol. The highest BCUT2D eigenvalue weighted by atomic mass is 16.2. The second kappa shape index (κ2) is 14.7. The molecule has 2 rings (SSSR count). The topological polar surface area (TPSA) is 74.8 Å². The molecular weight excluding hydrogens is 392 g/mol. The predicted octanol–water partition coefficient (Wildman–Crippen LogP) is 4.69. The van der Waals surface area contributed by atoms with Crippen molar-refractivity contribution in [3.05, 3.63) is 24.3 Å². The quantitative estimate of drug-likeness (QED) is 0.234. The highest BCUT2D eigenvalue weighted by Crippen LogP contribution is 2.14. The third kappa shape index (κ3) is 9.62. The van der Waals surface area contributed by atoms with Gasteiger partial charge in [-0.25, -0.2) is 0 Å². The number of carbonyl (C=O) groups excluding carboxylic acids is 4. The van der Waals surface area contributed by atoms with E-state index in [2.05, 4.69) is 0 Å². The first-order chi connectivity index (χ1) is 15.1. The van der Waals surface area contributed by atoms with Crippen LogP contribution in [-0.4, -0.2) is 46.5 Å². The molecule has 6 nitrogen and oxygen atoms in total. The Morgan fingerprint density at radius 1 is 0.355 bits per heavy atom. The standard InChI is InChI=1S/C25H38N2O4/c28-22-16-17-23(29)26(22)20-14-12-10-8-6-4-2-1-3-5-7-9-11-13-15-21-27-24(30)18-19-25(27)31/h16-19H,1-15,20-21H2. The van der Waals surface area contributed by atoms with Gasteiger partial charge in [-0.3, -0.25) is 29.0 Å². The molecule has 0 N–H and O–H groups in total. The zero-order valence-electron chi connectivity index (χ0n) is 18.9. The summed E-state index contributed by atoms with van der Waals surface area (Å²) in [6, 6.07) is 0. The lowest BCUT2D eigenvalue weighted by Crippen LogP contribution is -2.30. The van der Waals surface area contributed by atoms with E-state index in [0.29, 0.717) is 13.1 Å². The molecule has 0 aromatic heterocycles. The van der Waals surface area contributed by atoms with Crippen LogP contribution in [0.3, 0.4) is 0 Å². The second-order valence-electron chi connectivity index (χ2n) is 8.63. The number of rotatable bonds is 18. The Morgan fingerprint density at radius 2 is 0.548 bits per heavy atom. The minimum Gasteiger partial charge on any atom is -0.275 e. The molecule has 2 heterocycles. The molecule has 0 atom stereocenters. The van der Waals surface area contributed by atoms with Gasteiger partial charge in [-0.15, -0.1) is 0 Å². The van der Waals surface area contributed by atoms with Crippen LogP contribution in [0.25, 0.3) is 0 Å². The Labute approximate surface area is 186 Å². The number of unbranched alkanes of at least 4 members (excludes halogenated alkanes) is 14. The van der Waals surface area contributed by atoms with Crippen LogP contribution in [0.15, 0.2) is 24.3 Å². The lowest BCUT2D eigenvalue weighted by molar-refractivity contribution is -0.138. The van der Waals surface area contributed by atoms with E-state index in [9.17, 15) is 19.2 Å². The van der Waals surface area contributed by atoms with Crippen molar-refractivity contribution in [3.8, 4) is 0 Å².